The average molecular weight is 336 g/mol. The van der Waals surface area contributed by atoms with Crippen molar-refractivity contribution >= 4 is 5.91 Å². The topological polar surface area (TPSA) is 62.5 Å². The minimum Gasteiger partial charge on any atom is -0.424 e. The Balaban J connectivity index is 1.63. The number of hydrogen-bond acceptors (Lipinski definition) is 5. The molecule has 1 fully saturated rings. The van der Waals surface area contributed by atoms with Gasteiger partial charge in [0.05, 0.1) is 6.54 Å². The molecule has 8 heteroatoms. The van der Waals surface area contributed by atoms with E-state index in [0.29, 0.717) is 38.0 Å². The highest BCUT2D eigenvalue weighted by Gasteiger charge is 2.22. The van der Waals surface area contributed by atoms with Crippen molar-refractivity contribution in [2.45, 2.75) is 19.9 Å². The van der Waals surface area contributed by atoms with Gasteiger partial charge in [-0.1, -0.05) is 0 Å². The van der Waals surface area contributed by atoms with E-state index in [9.17, 15) is 13.6 Å². The molecule has 6 nitrogen and oxygen atoms in total. The molecule has 1 aliphatic rings. The maximum absolute atomic E-state index is 13.3. The van der Waals surface area contributed by atoms with Crippen LogP contribution >= 0.6 is 0 Å². The number of benzene rings is 1. The number of aryl methyl sites for hydroxylation is 1. The van der Waals surface area contributed by atoms with E-state index in [-0.39, 0.29) is 11.5 Å². The molecule has 0 atom stereocenters. The monoisotopic (exact) mass is 336 g/mol. The molecular formula is C16H18F2N4O2. The normalized spacial score (nSPS) is 16.2. The van der Waals surface area contributed by atoms with Crippen LogP contribution in [0.2, 0.25) is 0 Å². The third-order valence-corrected chi connectivity index (χ3v) is 3.91. The highest BCUT2D eigenvalue weighted by Crippen LogP contribution is 2.14. The second-order valence-corrected chi connectivity index (χ2v) is 5.79. The summed E-state index contributed by atoms with van der Waals surface area (Å²) < 4.78 is 32.0. The van der Waals surface area contributed by atoms with Crippen LogP contribution < -0.4 is 0 Å². The predicted molar refractivity (Wildman–Crippen MR) is 81.2 cm³/mol. The van der Waals surface area contributed by atoms with Crippen LogP contribution in [0.3, 0.4) is 0 Å². The van der Waals surface area contributed by atoms with E-state index in [1.165, 1.54) is 0 Å². The molecule has 128 valence electrons. The second kappa shape index (κ2) is 7.04. The Bertz CT molecular complexity index is 714. The van der Waals surface area contributed by atoms with Gasteiger partial charge in [-0.15, -0.1) is 10.2 Å². The zero-order valence-corrected chi connectivity index (χ0v) is 13.3. The molecule has 3 rings (SSSR count). The van der Waals surface area contributed by atoms with Gasteiger partial charge in [-0.2, -0.15) is 0 Å². The van der Waals surface area contributed by atoms with Crippen LogP contribution in [0.5, 0.6) is 0 Å². The van der Waals surface area contributed by atoms with Crippen molar-refractivity contribution in [1.82, 2.24) is 20.0 Å². The maximum Gasteiger partial charge on any atom is 0.254 e. The zero-order valence-electron chi connectivity index (χ0n) is 13.3. The van der Waals surface area contributed by atoms with Gasteiger partial charge < -0.3 is 9.32 Å². The van der Waals surface area contributed by atoms with Gasteiger partial charge in [0.15, 0.2) is 0 Å². The number of carbonyl (C=O) groups excluding carboxylic acids is 1. The fourth-order valence-electron chi connectivity index (χ4n) is 2.78. The van der Waals surface area contributed by atoms with Crippen LogP contribution in [0, 0.1) is 18.6 Å². The van der Waals surface area contributed by atoms with Crippen molar-refractivity contribution in [1.29, 1.82) is 0 Å². The van der Waals surface area contributed by atoms with Crippen LogP contribution in [-0.2, 0) is 6.54 Å². The molecule has 0 bridgehead atoms. The summed E-state index contributed by atoms with van der Waals surface area (Å²) in [5.74, 6) is -0.795. The van der Waals surface area contributed by atoms with E-state index >= 15 is 0 Å². The van der Waals surface area contributed by atoms with Gasteiger partial charge >= 0.3 is 0 Å². The van der Waals surface area contributed by atoms with Gasteiger partial charge in [0.2, 0.25) is 11.8 Å². The van der Waals surface area contributed by atoms with Crippen LogP contribution in [0.15, 0.2) is 22.6 Å². The number of rotatable bonds is 3. The quantitative estimate of drug-likeness (QED) is 0.858. The Hall–Kier alpha value is -2.35. The van der Waals surface area contributed by atoms with Crippen molar-refractivity contribution in [3.63, 3.8) is 0 Å². The molecule has 24 heavy (non-hydrogen) atoms. The molecule has 2 aromatic rings. The number of halogens is 2. The molecule has 0 unspecified atom stereocenters. The lowest BCUT2D eigenvalue weighted by Crippen LogP contribution is -2.35. The lowest BCUT2D eigenvalue weighted by molar-refractivity contribution is 0.0759. The average Bonchev–Trinajstić information content (AvgIpc) is 2.79. The Labute approximate surface area is 138 Å². The lowest BCUT2D eigenvalue weighted by atomic mass is 10.2. The molecule has 1 aromatic carbocycles. The summed E-state index contributed by atoms with van der Waals surface area (Å²) in [6, 6.07) is 2.89. The molecule has 1 aromatic heterocycles. The number of carbonyl (C=O) groups is 1. The summed E-state index contributed by atoms with van der Waals surface area (Å²) in [6.45, 7) is 4.68. The van der Waals surface area contributed by atoms with E-state index in [2.05, 4.69) is 15.1 Å². The van der Waals surface area contributed by atoms with Crippen LogP contribution in [-0.4, -0.2) is 52.1 Å². The van der Waals surface area contributed by atoms with Crippen molar-refractivity contribution in [3.05, 3.63) is 47.2 Å². The van der Waals surface area contributed by atoms with Gasteiger partial charge in [0.1, 0.15) is 11.6 Å². The number of hydrogen-bond donors (Lipinski definition) is 0. The van der Waals surface area contributed by atoms with E-state index < -0.39 is 11.6 Å². The molecule has 2 heterocycles. The van der Waals surface area contributed by atoms with Crippen LogP contribution in [0.1, 0.15) is 28.6 Å². The largest absolute Gasteiger partial charge is 0.424 e. The first-order valence-corrected chi connectivity index (χ1v) is 7.78. The van der Waals surface area contributed by atoms with E-state index in [1.54, 1.807) is 11.8 Å². The molecule has 0 saturated carbocycles. The summed E-state index contributed by atoms with van der Waals surface area (Å²) in [4.78, 5) is 16.2. The Morgan fingerprint density at radius 1 is 1.12 bits per heavy atom. The number of amides is 1. The molecular weight excluding hydrogens is 318 g/mol. The van der Waals surface area contributed by atoms with Gasteiger partial charge in [0, 0.05) is 44.7 Å². The summed E-state index contributed by atoms with van der Waals surface area (Å²) >= 11 is 0. The van der Waals surface area contributed by atoms with Crippen molar-refractivity contribution in [2.24, 2.45) is 0 Å². The maximum atomic E-state index is 13.3. The highest BCUT2D eigenvalue weighted by atomic mass is 19.1. The van der Waals surface area contributed by atoms with Crippen molar-refractivity contribution in [2.75, 3.05) is 26.2 Å². The fourth-order valence-corrected chi connectivity index (χ4v) is 2.78. The Morgan fingerprint density at radius 2 is 1.88 bits per heavy atom. The molecule has 0 spiro atoms. The van der Waals surface area contributed by atoms with E-state index in [4.69, 9.17) is 4.42 Å². The summed E-state index contributed by atoms with van der Waals surface area (Å²) in [6.07, 6.45) is 0.761. The molecule has 0 radical (unpaired) electrons. The standard InChI is InChI=1S/C16H18F2N4O2/c1-11-19-20-15(24-11)10-21-3-2-4-22(6-5-21)16(23)12-7-13(17)9-14(18)8-12/h7-9H,2-6,10H2,1H3. The molecule has 0 aliphatic carbocycles. The van der Waals surface area contributed by atoms with E-state index in [0.717, 1.165) is 31.2 Å². The Kier molecular flexibility index (Phi) is 4.84. The first-order chi connectivity index (χ1) is 11.5. The van der Waals surface area contributed by atoms with Gasteiger partial charge in [-0.3, -0.25) is 9.69 Å². The smallest absolute Gasteiger partial charge is 0.254 e. The fraction of sp³-hybridized carbons (Fsp3) is 0.438. The SMILES string of the molecule is Cc1nnc(CN2CCCN(C(=O)c3cc(F)cc(F)c3)CC2)o1. The highest BCUT2D eigenvalue weighted by molar-refractivity contribution is 5.94. The third kappa shape index (κ3) is 3.94. The second-order valence-electron chi connectivity index (χ2n) is 5.79. The summed E-state index contributed by atoms with van der Waals surface area (Å²) in [5.41, 5.74) is 0.0356. The van der Waals surface area contributed by atoms with Crippen LogP contribution in [0.4, 0.5) is 8.78 Å². The zero-order chi connectivity index (χ0) is 17.1. The molecule has 0 N–H and O–H groups in total. The molecule has 1 saturated heterocycles. The van der Waals surface area contributed by atoms with Crippen molar-refractivity contribution in [3.8, 4) is 0 Å². The number of aromatic nitrogens is 2. The number of nitrogens with zero attached hydrogens (tertiary/aromatic N) is 4. The summed E-state index contributed by atoms with van der Waals surface area (Å²) in [7, 11) is 0. The predicted octanol–water partition coefficient (Wildman–Crippen LogP) is 2.00. The minimum absolute atomic E-state index is 0.0356. The van der Waals surface area contributed by atoms with Gasteiger partial charge in [0.25, 0.3) is 5.91 Å². The third-order valence-electron chi connectivity index (χ3n) is 3.91. The minimum atomic E-state index is -0.749. The summed E-state index contributed by atoms with van der Waals surface area (Å²) in [5, 5.41) is 7.77. The lowest BCUT2D eigenvalue weighted by Gasteiger charge is -2.21. The first-order valence-electron chi connectivity index (χ1n) is 7.78. The molecule has 1 amide bonds. The van der Waals surface area contributed by atoms with Gasteiger partial charge in [-0.25, -0.2) is 8.78 Å². The Morgan fingerprint density at radius 3 is 2.54 bits per heavy atom. The molecule has 1 aliphatic heterocycles. The van der Waals surface area contributed by atoms with E-state index in [1.807, 2.05) is 0 Å². The first kappa shape index (κ1) is 16.5. The van der Waals surface area contributed by atoms with Gasteiger partial charge in [-0.05, 0) is 18.6 Å². The van der Waals surface area contributed by atoms with Crippen molar-refractivity contribution < 1.29 is 18.0 Å². The van der Waals surface area contributed by atoms with Crippen LogP contribution in [0.25, 0.3) is 0 Å².